The molecule has 0 radical (unpaired) electrons. The molecule has 2 rings (SSSR count). The zero-order valence-corrected chi connectivity index (χ0v) is 10.4. The summed E-state index contributed by atoms with van der Waals surface area (Å²) in [6.07, 6.45) is 0. The second kappa shape index (κ2) is 4.91. The Labute approximate surface area is 102 Å². The molecule has 0 saturated heterocycles. The van der Waals surface area contributed by atoms with Crippen LogP contribution < -0.4 is 9.47 Å². The third-order valence-electron chi connectivity index (χ3n) is 2.69. The Kier molecular flexibility index (Phi) is 3.33. The van der Waals surface area contributed by atoms with E-state index in [0.717, 1.165) is 28.4 Å². The van der Waals surface area contributed by atoms with Crippen LogP contribution in [0.4, 0.5) is 0 Å². The summed E-state index contributed by atoms with van der Waals surface area (Å²) in [5.74, 6) is 2.39. The van der Waals surface area contributed by atoms with Gasteiger partial charge in [0, 0.05) is 0 Å². The lowest BCUT2D eigenvalue weighted by atomic mass is 10.1. The topological polar surface area (TPSA) is 18.5 Å². The molecule has 0 N–H and O–H groups in total. The summed E-state index contributed by atoms with van der Waals surface area (Å²) >= 11 is 0. The van der Waals surface area contributed by atoms with Crippen molar-refractivity contribution < 1.29 is 9.47 Å². The van der Waals surface area contributed by atoms with Gasteiger partial charge in [-0.15, -0.1) is 0 Å². The van der Waals surface area contributed by atoms with E-state index in [-0.39, 0.29) is 0 Å². The average molecular weight is 228 g/mol. The number of rotatable bonds is 3. The smallest absolute Gasteiger partial charge is 0.169 e. The van der Waals surface area contributed by atoms with E-state index in [2.05, 4.69) is 0 Å². The van der Waals surface area contributed by atoms with Gasteiger partial charge in [-0.3, -0.25) is 0 Å². The lowest BCUT2D eigenvalue weighted by Crippen LogP contribution is -1.93. The third-order valence-corrected chi connectivity index (χ3v) is 2.69. The lowest BCUT2D eigenvalue weighted by molar-refractivity contribution is 0.377. The predicted molar refractivity (Wildman–Crippen MR) is 69.0 cm³/mol. The highest BCUT2D eigenvalue weighted by molar-refractivity contribution is 5.47. The van der Waals surface area contributed by atoms with Crippen molar-refractivity contribution in [2.75, 3.05) is 7.11 Å². The first kappa shape index (κ1) is 11.5. The van der Waals surface area contributed by atoms with Gasteiger partial charge in [0.05, 0.1) is 7.11 Å². The van der Waals surface area contributed by atoms with Crippen molar-refractivity contribution >= 4 is 0 Å². The number of benzene rings is 2. The zero-order valence-electron chi connectivity index (χ0n) is 10.4. The Morgan fingerprint density at radius 3 is 1.94 bits per heavy atom. The van der Waals surface area contributed by atoms with Crippen LogP contribution in [0, 0.1) is 13.8 Å². The molecule has 0 aromatic heterocycles. The molecule has 2 heteroatoms. The van der Waals surface area contributed by atoms with Crippen molar-refractivity contribution in [2.45, 2.75) is 13.8 Å². The van der Waals surface area contributed by atoms with Gasteiger partial charge in [-0.25, -0.2) is 0 Å². The molecule has 17 heavy (non-hydrogen) atoms. The molecule has 0 spiro atoms. The summed E-state index contributed by atoms with van der Waals surface area (Å²) in [7, 11) is 1.65. The molecular weight excluding hydrogens is 212 g/mol. The number of hydrogen-bond acceptors (Lipinski definition) is 2. The van der Waals surface area contributed by atoms with Gasteiger partial charge in [-0.05, 0) is 37.1 Å². The minimum absolute atomic E-state index is 0.743. The molecule has 2 aromatic carbocycles. The van der Waals surface area contributed by atoms with Crippen LogP contribution in [0.25, 0.3) is 0 Å². The van der Waals surface area contributed by atoms with Gasteiger partial charge >= 0.3 is 0 Å². The van der Waals surface area contributed by atoms with E-state index in [4.69, 9.17) is 9.47 Å². The Bertz CT molecular complexity index is 498. The van der Waals surface area contributed by atoms with Crippen LogP contribution in [0.15, 0.2) is 42.5 Å². The van der Waals surface area contributed by atoms with Crippen molar-refractivity contribution in [1.29, 1.82) is 0 Å². The average Bonchev–Trinajstić information content (AvgIpc) is 2.34. The highest BCUT2D eigenvalue weighted by Crippen LogP contribution is 2.34. The van der Waals surface area contributed by atoms with E-state index in [1.54, 1.807) is 7.11 Å². The standard InChI is InChI=1S/C15H16O2/c1-11-7-6-8-12(2)15(11)17-14-10-5-4-9-13(14)16-3/h4-10H,1-3H3. The van der Waals surface area contributed by atoms with Gasteiger partial charge in [0.1, 0.15) is 5.75 Å². The Morgan fingerprint density at radius 2 is 1.35 bits per heavy atom. The summed E-state index contributed by atoms with van der Waals surface area (Å²) in [6, 6.07) is 13.8. The van der Waals surface area contributed by atoms with Crippen LogP contribution in [-0.4, -0.2) is 7.11 Å². The fourth-order valence-electron chi connectivity index (χ4n) is 1.77. The van der Waals surface area contributed by atoms with Crippen molar-refractivity contribution in [3.05, 3.63) is 53.6 Å². The minimum atomic E-state index is 0.743. The molecule has 0 amide bonds. The Balaban J connectivity index is 2.38. The van der Waals surface area contributed by atoms with E-state index >= 15 is 0 Å². The fourth-order valence-corrected chi connectivity index (χ4v) is 1.77. The van der Waals surface area contributed by atoms with Crippen molar-refractivity contribution in [3.63, 3.8) is 0 Å². The molecule has 2 aromatic rings. The molecule has 0 aliphatic carbocycles. The first-order valence-corrected chi connectivity index (χ1v) is 5.59. The maximum absolute atomic E-state index is 5.94. The maximum Gasteiger partial charge on any atom is 0.169 e. The molecule has 0 bridgehead atoms. The first-order valence-electron chi connectivity index (χ1n) is 5.59. The molecule has 0 fully saturated rings. The summed E-state index contributed by atoms with van der Waals surface area (Å²) in [5, 5.41) is 0. The summed E-state index contributed by atoms with van der Waals surface area (Å²) in [6.45, 7) is 4.08. The van der Waals surface area contributed by atoms with Crippen LogP contribution in [-0.2, 0) is 0 Å². The van der Waals surface area contributed by atoms with Crippen LogP contribution >= 0.6 is 0 Å². The summed E-state index contributed by atoms with van der Waals surface area (Å²) in [5.41, 5.74) is 2.24. The molecule has 0 unspecified atom stereocenters. The van der Waals surface area contributed by atoms with Crippen LogP contribution in [0.2, 0.25) is 0 Å². The van der Waals surface area contributed by atoms with Gasteiger partial charge in [-0.1, -0.05) is 30.3 Å². The third kappa shape index (κ3) is 2.41. The molecule has 0 atom stereocenters. The normalized spacial score (nSPS) is 10.1. The maximum atomic E-state index is 5.94. The number of hydrogen-bond donors (Lipinski definition) is 0. The van der Waals surface area contributed by atoms with Crippen LogP contribution in [0.1, 0.15) is 11.1 Å². The van der Waals surface area contributed by atoms with Crippen molar-refractivity contribution in [1.82, 2.24) is 0 Å². The van der Waals surface area contributed by atoms with Gasteiger partial charge in [0.15, 0.2) is 11.5 Å². The lowest BCUT2D eigenvalue weighted by Gasteiger charge is -2.13. The van der Waals surface area contributed by atoms with E-state index in [0.29, 0.717) is 0 Å². The fraction of sp³-hybridized carbons (Fsp3) is 0.200. The highest BCUT2D eigenvalue weighted by Gasteiger charge is 2.08. The van der Waals surface area contributed by atoms with E-state index < -0.39 is 0 Å². The van der Waals surface area contributed by atoms with Gasteiger partial charge in [-0.2, -0.15) is 0 Å². The van der Waals surface area contributed by atoms with Gasteiger partial charge in [0.2, 0.25) is 0 Å². The second-order valence-electron chi connectivity index (χ2n) is 3.97. The van der Waals surface area contributed by atoms with Crippen LogP contribution in [0.5, 0.6) is 17.2 Å². The number of ether oxygens (including phenoxy) is 2. The van der Waals surface area contributed by atoms with E-state index in [1.807, 2.05) is 56.3 Å². The summed E-state index contributed by atoms with van der Waals surface area (Å²) < 4.78 is 11.2. The Morgan fingerprint density at radius 1 is 0.765 bits per heavy atom. The molecule has 0 saturated carbocycles. The largest absolute Gasteiger partial charge is 0.493 e. The van der Waals surface area contributed by atoms with Crippen molar-refractivity contribution in [3.8, 4) is 17.2 Å². The molecule has 2 nitrogen and oxygen atoms in total. The molecule has 0 heterocycles. The SMILES string of the molecule is COc1ccccc1Oc1c(C)cccc1C. The minimum Gasteiger partial charge on any atom is -0.493 e. The monoisotopic (exact) mass is 228 g/mol. The number of methoxy groups -OCH3 is 1. The quantitative estimate of drug-likeness (QED) is 0.787. The van der Waals surface area contributed by atoms with E-state index in [9.17, 15) is 0 Å². The highest BCUT2D eigenvalue weighted by atomic mass is 16.5. The molecular formula is C15H16O2. The molecule has 88 valence electrons. The van der Waals surface area contributed by atoms with E-state index in [1.165, 1.54) is 0 Å². The first-order chi connectivity index (χ1) is 8.22. The predicted octanol–water partition coefficient (Wildman–Crippen LogP) is 4.10. The molecule has 0 aliphatic heterocycles. The van der Waals surface area contributed by atoms with Gasteiger partial charge in [0.25, 0.3) is 0 Å². The number of aryl methyl sites for hydroxylation is 2. The van der Waals surface area contributed by atoms with Gasteiger partial charge < -0.3 is 9.47 Å². The Hall–Kier alpha value is -1.96. The second-order valence-corrected chi connectivity index (χ2v) is 3.97. The van der Waals surface area contributed by atoms with Crippen molar-refractivity contribution in [2.24, 2.45) is 0 Å². The van der Waals surface area contributed by atoms with Crippen LogP contribution in [0.3, 0.4) is 0 Å². The number of para-hydroxylation sites is 3. The molecule has 0 aliphatic rings. The summed E-state index contributed by atoms with van der Waals surface area (Å²) in [4.78, 5) is 0. The zero-order chi connectivity index (χ0) is 12.3.